The second kappa shape index (κ2) is 7.56. The van der Waals surface area contributed by atoms with Crippen LogP contribution in [0.25, 0.3) is 0 Å². The fourth-order valence-corrected chi connectivity index (χ4v) is 3.51. The number of aryl methyl sites for hydroxylation is 1. The Bertz CT molecular complexity index is 865. The van der Waals surface area contributed by atoms with Crippen LogP contribution in [0.2, 0.25) is 0 Å². The number of aromatic nitrogens is 1. The summed E-state index contributed by atoms with van der Waals surface area (Å²) in [5.41, 5.74) is 3.78. The molecule has 0 saturated carbocycles. The van der Waals surface area contributed by atoms with Crippen LogP contribution in [0, 0.1) is 5.82 Å². The molecule has 1 aromatic heterocycles. The number of anilines is 1. The first-order valence-corrected chi connectivity index (χ1v) is 8.98. The summed E-state index contributed by atoms with van der Waals surface area (Å²) in [6.45, 7) is 0.900. The minimum Gasteiger partial charge on any atom is -0.457 e. The molecule has 2 aromatic carbocycles. The van der Waals surface area contributed by atoms with Gasteiger partial charge in [-0.3, -0.25) is 4.98 Å². The van der Waals surface area contributed by atoms with Crippen LogP contribution in [-0.2, 0) is 6.42 Å². The van der Waals surface area contributed by atoms with Crippen LogP contribution in [0.1, 0.15) is 29.9 Å². The number of hydrogen-bond donors (Lipinski definition) is 1. The molecule has 0 saturated heterocycles. The highest BCUT2D eigenvalue weighted by molar-refractivity contribution is 5.44. The zero-order valence-electron chi connectivity index (χ0n) is 14.5. The third-order valence-corrected chi connectivity index (χ3v) is 4.82. The molecule has 1 heterocycles. The van der Waals surface area contributed by atoms with Crippen LogP contribution in [-0.4, -0.2) is 11.5 Å². The lowest BCUT2D eigenvalue weighted by Gasteiger charge is -2.26. The van der Waals surface area contributed by atoms with Gasteiger partial charge >= 0.3 is 0 Å². The van der Waals surface area contributed by atoms with Gasteiger partial charge in [-0.25, -0.2) is 4.39 Å². The van der Waals surface area contributed by atoms with E-state index in [1.54, 1.807) is 18.3 Å². The van der Waals surface area contributed by atoms with Crippen molar-refractivity contribution in [3.8, 4) is 11.5 Å². The van der Waals surface area contributed by atoms with Gasteiger partial charge < -0.3 is 10.1 Å². The molecule has 0 fully saturated rings. The third kappa shape index (κ3) is 3.85. The van der Waals surface area contributed by atoms with E-state index in [0.29, 0.717) is 11.7 Å². The van der Waals surface area contributed by atoms with E-state index in [0.717, 1.165) is 24.4 Å². The summed E-state index contributed by atoms with van der Waals surface area (Å²) in [5, 5.41) is 3.49. The maximum atomic E-state index is 13.0. The predicted octanol–water partition coefficient (Wildman–Crippen LogP) is 5.55. The van der Waals surface area contributed by atoms with Crippen molar-refractivity contribution in [3.63, 3.8) is 0 Å². The van der Waals surface area contributed by atoms with Gasteiger partial charge in [0.05, 0.1) is 5.69 Å². The lowest BCUT2D eigenvalue weighted by Crippen LogP contribution is -2.18. The van der Waals surface area contributed by atoms with E-state index in [9.17, 15) is 4.39 Å². The van der Waals surface area contributed by atoms with E-state index < -0.39 is 0 Å². The number of hydrogen-bond acceptors (Lipinski definition) is 3. The average molecular weight is 348 g/mol. The summed E-state index contributed by atoms with van der Waals surface area (Å²) in [5.74, 6) is 1.68. The van der Waals surface area contributed by atoms with Crippen molar-refractivity contribution >= 4 is 5.69 Å². The number of halogens is 1. The molecule has 1 N–H and O–H groups in total. The van der Waals surface area contributed by atoms with Gasteiger partial charge in [0.25, 0.3) is 0 Å². The quantitative estimate of drug-likeness (QED) is 0.657. The second-order valence-electron chi connectivity index (χ2n) is 6.63. The normalized spacial score (nSPS) is 16.0. The SMILES string of the molecule is Fc1ccc(Oc2ccc3c(c2)CCCC3CNc2cccnc2)cc1. The van der Waals surface area contributed by atoms with E-state index in [2.05, 4.69) is 22.4 Å². The Morgan fingerprint density at radius 2 is 1.92 bits per heavy atom. The summed E-state index contributed by atoms with van der Waals surface area (Å²) >= 11 is 0. The molecule has 1 aliphatic rings. The van der Waals surface area contributed by atoms with Crippen molar-refractivity contribution in [1.82, 2.24) is 4.98 Å². The molecule has 0 spiro atoms. The number of pyridine rings is 1. The van der Waals surface area contributed by atoms with Crippen molar-refractivity contribution in [2.75, 3.05) is 11.9 Å². The third-order valence-electron chi connectivity index (χ3n) is 4.82. The van der Waals surface area contributed by atoms with Gasteiger partial charge in [0.1, 0.15) is 17.3 Å². The number of benzene rings is 2. The zero-order chi connectivity index (χ0) is 17.8. The maximum absolute atomic E-state index is 13.0. The van der Waals surface area contributed by atoms with Gasteiger partial charge in [0, 0.05) is 24.9 Å². The first kappa shape index (κ1) is 16.6. The highest BCUT2D eigenvalue weighted by Gasteiger charge is 2.20. The summed E-state index contributed by atoms with van der Waals surface area (Å²) in [6, 6.07) is 16.4. The Labute approximate surface area is 152 Å². The molecule has 0 bridgehead atoms. The lowest BCUT2D eigenvalue weighted by atomic mass is 9.82. The Hall–Kier alpha value is -2.88. The van der Waals surface area contributed by atoms with E-state index in [1.807, 2.05) is 24.4 Å². The van der Waals surface area contributed by atoms with Crippen LogP contribution in [0.4, 0.5) is 10.1 Å². The molecular weight excluding hydrogens is 327 g/mol. The highest BCUT2D eigenvalue weighted by Crippen LogP contribution is 2.35. The van der Waals surface area contributed by atoms with Crippen molar-refractivity contribution in [3.05, 3.63) is 83.9 Å². The Morgan fingerprint density at radius 3 is 2.73 bits per heavy atom. The van der Waals surface area contributed by atoms with Gasteiger partial charge in [0.2, 0.25) is 0 Å². The smallest absolute Gasteiger partial charge is 0.127 e. The van der Waals surface area contributed by atoms with Gasteiger partial charge in [-0.15, -0.1) is 0 Å². The molecule has 0 aliphatic heterocycles. The average Bonchev–Trinajstić information content (AvgIpc) is 2.69. The Balaban J connectivity index is 1.47. The summed E-state index contributed by atoms with van der Waals surface area (Å²) in [6.07, 6.45) is 7.05. The minimum atomic E-state index is -0.258. The van der Waals surface area contributed by atoms with Crippen molar-refractivity contribution in [2.45, 2.75) is 25.2 Å². The molecule has 3 aromatic rings. The van der Waals surface area contributed by atoms with Gasteiger partial charge in [-0.1, -0.05) is 6.07 Å². The molecule has 4 rings (SSSR count). The number of nitrogens with one attached hydrogen (secondary N) is 1. The number of nitrogens with zero attached hydrogens (tertiary/aromatic N) is 1. The van der Waals surface area contributed by atoms with Crippen LogP contribution in [0.15, 0.2) is 67.0 Å². The molecule has 3 nitrogen and oxygen atoms in total. The number of rotatable bonds is 5. The molecule has 132 valence electrons. The summed E-state index contributed by atoms with van der Waals surface area (Å²) in [7, 11) is 0. The largest absolute Gasteiger partial charge is 0.457 e. The van der Waals surface area contributed by atoms with Crippen molar-refractivity contribution in [1.29, 1.82) is 0 Å². The summed E-state index contributed by atoms with van der Waals surface area (Å²) < 4.78 is 18.9. The maximum Gasteiger partial charge on any atom is 0.127 e. The topological polar surface area (TPSA) is 34.1 Å². The van der Waals surface area contributed by atoms with Crippen LogP contribution < -0.4 is 10.1 Å². The molecule has 26 heavy (non-hydrogen) atoms. The summed E-state index contributed by atoms with van der Waals surface area (Å²) in [4.78, 5) is 4.15. The van der Waals surface area contributed by atoms with E-state index in [4.69, 9.17) is 4.74 Å². The van der Waals surface area contributed by atoms with Crippen molar-refractivity contribution < 1.29 is 9.13 Å². The highest BCUT2D eigenvalue weighted by atomic mass is 19.1. The fourth-order valence-electron chi connectivity index (χ4n) is 3.51. The predicted molar refractivity (Wildman–Crippen MR) is 101 cm³/mol. The zero-order valence-corrected chi connectivity index (χ0v) is 14.5. The first-order chi connectivity index (χ1) is 12.8. The van der Waals surface area contributed by atoms with Crippen LogP contribution >= 0.6 is 0 Å². The van der Waals surface area contributed by atoms with Crippen LogP contribution in [0.3, 0.4) is 0 Å². The monoisotopic (exact) mass is 348 g/mol. The van der Waals surface area contributed by atoms with E-state index >= 15 is 0 Å². The molecule has 1 aliphatic carbocycles. The fraction of sp³-hybridized carbons (Fsp3) is 0.227. The molecule has 4 heteroatoms. The van der Waals surface area contributed by atoms with Gasteiger partial charge in [0.15, 0.2) is 0 Å². The minimum absolute atomic E-state index is 0.258. The van der Waals surface area contributed by atoms with Gasteiger partial charge in [-0.05, 0) is 78.9 Å². The molecular formula is C22H21FN2O. The van der Waals surface area contributed by atoms with E-state index in [1.165, 1.54) is 36.1 Å². The second-order valence-corrected chi connectivity index (χ2v) is 6.63. The Kier molecular flexibility index (Phi) is 4.82. The van der Waals surface area contributed by atoms with Crippen LogP contribution in [0.5, 0.6) is 11.5 Å². The number of ether oxygens (including phenoxy) is 1. The lowest BCUT2D eigenvalue weighted by molar-refractivity contribution is 0.477. The molecule has 0 amide bonds. The van der Waals surface area contributed by atoms with Gasteiger partial charge in [-0.2, -0.15) is 0 Å². The number of fused-ring (bicyclic) bond motifs is 1. The Morgan fingerprint density at radius 1 is 1.08 bits per heavy atom. The molecule has 1 unspecified atom stereocenters. The molecule has 1 atom stereocenters. The standard InChI is InChI=1S/C22H21FN2O/c23-18-6-8-20(9-7-18)26-21-10-11-22-16(13-21)3-1-4-17(22)14-25-19-5-2-12-24-15-19/h2,5-13,15,17,25H,1,3-4,14H2. The van der Waals surface area contributed by atoms with E-state index in [-0.39, 0.29) is 5.82 Å². The first-order valence-electron chi connectivity index (χ1n) is 8.98. The molecule has 0 radical (unpaired) electrons. The van der Waals surface area contributed by atoms with Crippen molar-refractivity contribution in [2.24, 2.45) is 0 Å².